The van der Waals surface area contributed by atoms with Gasteiger partial charge in [-0.3, -0.25) is 0 Å². The van der Waals surface area contributed by atoms with Crippen molar-refractivity contribution in [1.82, 2.24) is 0 Å². The zero-order chi connectivity index (χ0) is 9.69. The van der Waals surface area contributed by atoms with Crippen LogP contribution in [0.15, 0.2) is 0 Å². The van der Waals surface area contributed by atoms with Crippen LogP contribution in [-0.2, 0) is 0 Å². The van der Waals surface area contributed by atoms with E-state index in [2.05, 4.69) is 13.8 Å². The van der Waals surface area contributed by atoms with Crippen molar-refractivity contribution in [1.29, 1.82) is 0 Å². The second kappa shape index (κ2) is 2.71. The minimum absolute atomic E-state index is 0.0823. The van der Waals surface area contributed by atoms with E-state index in [-0.39, 0.29) is 5.41 Å². The molecule has 3 unspecified atom stereocenters. The molecule has 3 N–H and O–H groups in total. The molecule has 13 heavy (non-hydrogen) atoms. The highest BCUT2D eigenvalue weighted by molar-refractivity contribution is 5.13. The van der Waals surface area contributed by atoms with Gasteiger partial charge in [-0.05, 0) is 31.1 Å². The molecule has 0 aromatic rings. The molecule has 0 aromatic heterocycles. The highest BCUT2D eigenvalue weighted by atomic mass is 16.3. The number of aliphatic hydroxyl groups is 1. The van der Waals surface area contributed by atoms with Crippen LogP contribution in [0.1, 0.15) is 39.5 Å². The molecule has 2 nitrogen and oxygen atoms in total. The third kappa shape index (κ3) is 0.962. The van der Waals surface area contributed by atoms with Crippen LogP contribution in [0.25, 0.3) is 0 Å². The summed E-state index contributed by atoms with van der Waals surface area (Å²) in [5.41, 5.74) is 5.46. The SMILES string of the molecule is CC1CC(O)(C2(CN)CCC2)C1C. The molecule has 2 aliphatic carbocycles. The first-order valence-electron chi connectivity index (χ1n) is 5.48. The van der Waals surface area contributed by atoms with Gasteiger partial charge in [-0.2, -0.15) is 0 Å². The van der Waals surface area contributed by atoms with Gasteiger partial charge in [-0.15, -0.1) is 0 Å². The Hall–Kier alpha value is -0.0800. The van der Waals surface area contributed by atoms with Gasteiger partial charge in [0.05, 0.1) is 5.60 Å². The summed E-state index contributed by atoms with van der Waals surface area (Å²) in [5, 5.41) is 10.5. The molecule has 0 amide bonds. The first-order chi connectivity index (χ1) is 6.06. The third-order valence-corrected chi connectivity index (χ3v) is 4.86. The molecule has 0 heterocycles. The van der Waals surface area contributed by atoms with Crippen LogP contribution in [0.4, 0.5) is 0 Å². The molecule has 3 atom stereocenters. The topological polar surface area (TPSA) is 46.2 Å². The summed E-state index contributed by atoms with van der Waals surface area (Å²) in [4.78, 5) is 0. The van der Waals surface area contributed by atoms with Gasteiger partial charge in [0.2, 0.25) is 0 Å². The van der Waals surface area contributed by atoms with Crippen LogP contribution in [0.3, 0.4) is 0 Å². The van der Waals surface area contributed by atoms with Crippen molar-refractivity contribution >= 4 is 0 Å². The van der Waals surface area contributed by atoms with Gasteiger partial charge in [0.1, 0.15) is 0 Å². The molecule has 2 fully saturated rings. The Kier molecular flexibility index (Phi) is 1.97. The zero-order valence-corrected chi connectivity index (χ0v) is 8.71. The standard InChI is InChI=1S/C11H21NO/c1-8-6-11(13,9(8)2)10(7-12)4-3-5-10/h8-9,13H,3-7,12H2,1-2H3. The van der Waals surface area contributed by atoms with E-state index in [0.717, 1.165) is 19.3 Å². The van der Waals surface area contributed by atoms with Crippen LogP contribution in [-0.4, -0.2) is 17.3 Å². The van der Waals surface area contributed by atoms with Gasteiger partial charge in [-0.1, -0.05) is 20.3 Å². The average molecular weight is 183 g/mol. The zero-order valence-electron chi connectivity index (χ0n) is 8.71. The summed E-state index contributed by atoms with van der Waals surface area (Å²) in [6, 6.07) is 0. The van der Waals surface area contributed by atoms with E-state index in [4.69, 9.17) is 5.73 Å². The van der Waals surface area contributed by atoms with Crippen molar-refractivity contribution in [3.05, 3.63) is 0 Å². The Morgan fingerprint density at radius 2 is 2.00 bits per heavy atom. The van der Waals surface area contributed by atoms with E-state index in [1.165, 1.54) is 6.42 Å². The minimum Gasteiger partial charge on any atom is -0.389 e. The van der Waals surface area contributed by atoms with E-state index in [0.29, 0.717) is 18.4 Å². The van der Waals surface area contributed by atoms with Crippen molar-refractivity contribution in [2.75, 3.05) is 6.54 Å². The van der Waals surface area contributed by atoms with Crippen molar-refractivity contribution in [3.8, 4) is 0 Å². The van der Waals surface area contributed by atoms with Gasteiger partial charge >= 0.3 is 0 Å². The summed E-state index contributed by atoms with van der Waals surface area (Å²) >= 11 is 0. The van der Waals surface area contributed by atoms with Gasteiger partial charge in [-0.25, -0.2) is 0 Å². The Balaban J connectivity index is 2.15. The first kappa shape index (κ1) is 9.47. The van der Waals surface area contributed by atoms with Gasteiger partial charge < -0.3 is 10.8 Å². The van der Waals surface area contributed by atoms with E-state index < -0.39 is 5.60 Å². The summed E-state index contributed by atoms with van der Waals surface area (Å²) in [5.74, 6) is 1.12. The second-order valence-corrected chi connectivity index (χ2v) is 5.23. The molecule has 0 aliphatic heterocycles. The first-order valence-corrected chi connectivity index (χ1v) is 5.48. The molecule has 76 valence electrons. The fourth-order valence-corrected chi connectivity index (χ4v) is 3.28. The second-order valence-electron chi connectivity index (χ2n) is 5.23. The van der Waals surface area contributed by atoms with Gasteiger partial charge in [0.25, 0.3) is 0 Å². The molecule has 2 heteroatoms. The van der Waals surface area contributed by atoms with E-state index >= 15 is 0 Å². The molecule has 2 saturated carbocycles. The molecule has 0 spiro atoms. The fourth-order valence-electron chi connectivity index (χ4n) is 3.28. The molecular formula is C11H21NO. The van der Waals surface area contributed by atoms with Crippen molar-refractivity contribution in [2.45, 2.75) is 45.1 Å². The summed E-state index contributed by atoms with van der Waals surface area (Å²) in [7, 11) is 0. The number of rotatable bonds is 2. The average Bonchev–Trinajstić information content (AvgIpc) is 2.03. The Labute approximate surface area is 80.5 Å². The largest absolute Gasteiger partial charge is 0.389 e. The molecular weight excluding hydrogens is 162 g/mol. The number of hydrogen-bond donors (Lipinski definition) is 2. The molecule has 2 aliphatic rings. The maximum Gasteiger partial charge on any atom is 0.0746 e. The highest BCUT2D eigenvalue weighted by Gasteiger charge is 2.62. The highest BCUT2D eigenvalue weighted by Crippen LogP contribution is 2.60. The van der Waals surface area contributed by atoms with Crippen LogP contribution in [0.5, 0.6) is 0 Å². The Morgan fingerprint density at radius 1 is 1.38 bits per heavy atom. The molecule has 0 radical (unpaired) electrons. The van der Waals surface area contributed by atoms with E-state index in [9.17, 15) is 5.11 Å². The van der Waals surface area contributed by atoms with Crippen LogP contribution < -0.4 is 5.73 Å². The smallest absolute Gasteiger partial charge is 0.0746 e. The summed E-state index contributed by atoms with van der Waals surface area (Å²) in [6.07, 6.45) is 4.49. The quantitative estimate of drug-likeness (QED) is 0.682. The van der Waals surface area contributed by atoms with Gasteiger partial charge in [0.15, 0.2) is 0 Å². The summed E-state index contributed by atoms with van der Waals surface area (Å²) < 4.78 is 0. The van der Waals surface area contributed by atoms with Crippen molar-refractivity contribution in [3.63, 3.8) is 0 Å². The third-order valence-electron chi connectivity index (χ3n) is 4.86. The fraction of sp³-hybridized carbons (Fsp3) is 1.00. The monoisotopic (exact) mass is 183 g/mol. The lowest BCUT2D eigenvalue weighted by Crippen LogP contribution is -2.67. The number of hydrogen-bond acceptors (Lipinski definition) is 2. The van der Waals surface area contributed by atoms with Crippen molar-refractivity contribution in [2.24, 2.45) is 23.0 Å². The minimum atomic E-state index is -0.431. The van der Waals surface area contributed by atoms with Crippen LogP contribution >= 0.6 is 0 Å². The molecule has 0 bridgehead atoms. The normalized spacial score (nSPS) is 48.0. The predicted octanol–water partition coefficient (Wildman–Crippen LogP) is 1.52. The maximum atomic E-state index is 10.5. The summed E-state index contributed by atoms with van der Waals surface area (Å²) in [6.45, 7) is 5.06. The maximum absolute atomic E-state index is 10.5. The lowest BCUT2D eigenvalue weighted by Gasteiger charge is -2.63. The lowest BCUT2D eigenvalue weighted by atomic mass is 9.46. The molecule has 0 aromatic carbocycles. The Bertz CT molecular complexity index is 207. The van der Waals surface area contributed by atoms with E-state index in [1.54, 1.807) is 0 Å². The lowest BCUT2D eigenvalue weighted by molar-refractivity contribution is -0.229. The molecule has 0 saturated heterocycles. The van der Waals surface area contributed by atoms with Gasteiger partial charge in [0, 0.05) is 12.0 Å². The molecule has 2 rings (SSSR count). The van der Waals surface area contributed by atoms with Crippen molar-refractivity contribution < 1.29 is 5.11 Å². The predicted molar refractivity (Wildman–Crippen MR) is 53.2 cm³/mol. The van der Waals surface area contributed by atoms with Crippen LogP contribution in [0, 0.1) is 17.3 Å². The van der Waals surface area contributed by atoms with Crippen LogP contribution in [0.2, 0.25) is 0 Å². The number of nitrogens with two attached hydrogens (primary N) is 1. The Morgan fingerprint density at radius 3 is 2.23 bits per heavy atom. The van der Waals surface area contributed by atoms with E-state index in [1.807, 2.05) is 0 Å².